The van der Waals surface area contributed by atoms with E-state index in [1.54, 1.807) is 7.05 Å². The standard InChI is InChI=1S/C10H17N5O4/c1-11-9-8(15(17)18)10(14-7-13-9)12-3-2-5-19-6-4-16/h7,16H,2-6H2,1H3,(H2,11,12,13,14). The van der Waals surface area contributed by atoms with E-state index in [-0.39, 0.29) is 30.5 Å². The topological polar surface area (TPSA) is 122 Å². The first-order valence-corrected chi connectivity index (χ1v) is 5.80. The molecule has 1 aromatic rings. The van der Waals surface area contributed by atoms with E-state index in [1.807, 2.05) is 0 Å². The monoisotopic (exact) mass is 271 g/mol. The lowest BCUT2D eigenvalue weighted by molar-refractivity contribution is -0.383. The van der Waals surface area contributed by atoms with Gasteiger partial charge in [-0.2, -0.15) is 0 Å². The summed E-state index contributed by atoms with van der Waals surface area (Å²) >= 11 is 0. The molecule has 0 aliphatic rings. The summed E-state index contributed by atoms with van der Waals surface area (Å²) in [7, 11) is 1.56. The highest BCUT2D eigenvalue weighted by Crippen LogP contribution is 2.28. The Balaban J connectivity index is 2.55. The van der Waals surface area contributed by atoms with Crippen LogP contribution >= 0.6 is 0 Å². The summed E-state index contributed by atoms with van der Waals surface area (Å²) in [6.45, 7) is 1.21. The molecule has 1 heterocycles. The maximum absolute atomic E-state index is 11.0. The molecule has 19 heavy (non-hydrogen) atoms. The molecule has 0 aliphatic carbocycles. The van der Waals surface area contributed by atoms with Crippen LogP contribution < -0.4 is 10.6 Å². The van der Waals surface area contributed by atoms with Crippen LogP contribution in [0.1, 0.15) is 6.42 Å². The number of hydrogen-bond acceptors (Lipinski definition) is 8. The Hall–Kier alpha value is -2.00. The maximum Gasteiger partial charge on any atom is 0.353 e. The average Bonchev–Trinajstić information content (AvgIpc) is 2.42. The van der Waals surface area contributed by atoms with Gasteiger partial charge in [-0.1, -0.05) is 0 Å². The lowest BCUT2D eigenvalue weighted by atomic mass is 10.4. The molecule has 3 N–H and O–H groups in total. The van der Waals surface area contributed by atoms with Gasteiger partial charge in [-0.05, 0) is 6.42 Å². The zero-order chi connectivity index (χ0) is 14.1. The first-order chi connectivity index (χ1) is 9.20. The minimum atomic E-state index is -0.531. The quantitative estimate of drug-likeness (QED) is 0.331. The van der Waals surface area contributed by atoms with Crippen LogP contribution in [0.2, 0.25) is 0 Å². The van der Waals surface area contributed by atoms with Crippen molar-refractivity contribution in [2.45, 2.75) is 6.42 Å². The van der Waals surface area contributed by atoms with Crippen molar-refractivity contribution in [2.24, 2.45) is 0 Å². The SMILES string of the molecule is CNc1ncnc(NCCCOCCO)c1[N+](=O)[O-]. The third kappa shape index (κ3) is 4.64. The maximum atomic E-state index is 11.0. The number of aromatic nitrogens is 2. The van der Waals surface area contributed by atoms with Crippen molar-refractivity contribution >= 4 is 17.3 Å². The fraction of sp³-hybridized carbons (Fsp3) is 0.600. The van der Waals surface area contributed by atoms with Crippen LogP contribution in [0.3, 0.4) is 0 Å². The summed E-state index contributed by atoms with van der Waals surface area (Å²) in [4.78, 5) is 18.1. The summed E-state index contributed by atoms with van der Waals surface area (Å²) in [5.41, 5.74) is -0.179. The lowest BCUT2D eigenvalue weighted by Gasteiger charge is -2.08. The zero-order valence-corrected chi connectivity index (χ0v) is 10.6. The van der Waals surface area contributed by atoms with E-state index in [0.717, 1.165) is 0 Å². The predicted octanol–water partition coefficient (Wildman–Crippen LogP) is 0.237. The number of nitrogens with zero attached hydrogens (tertiary/aromatic N) is 3. The molecule has 0 saturated heterocycles. The van der Waals surface area contributed by atoms with Crippen molar-refractivity contribution in [1.82, 2.24) is 9.97 Å². The molecule has 106 valence electrons. The molecule has 0 fully saturated rings. The molecule has 0 saturated carbocycles. The molecule has 0 bridgehead atoms. The van der Waals surface area contributed by atoms with Crippen LogP contribution in [-0.4, -0.2) is 53.4 Å². The van der Waals surface area contributed by atoms with Crippen LogP contribution in [0.5, 0.6) is 0 Å². The molecule has 1 aromatic heterocycles. The van der Waals surface area contributed by atoms with Crippen molar-refractivity contribution in [2.75, 3.05) is 44.0 Å². The summed E-state index contributed by atoms with van der Waals surface area (Å²) in [6.07, 6.45) is 1.90. The van der Waals surface area contributed by atoms with Gasteiger partial charge >= 0.3 is 5.69 Å². The Kier molecular flexibility index (Phi) is 6.47. The first-order valence-electron chi connectivity index (χ1n) is 5.80. The zero-order valence-electron chi connectivity index (χ0n) is 10.6. The van der Waals surface area contributed by atoms with Crippen LogP contribution in [-0.2, 0) is 4.74 Å². The third-order valence-electron chi connectivity index (χ3n) is 2.24. The molecule has 0 unspecified atom stereocenters. The van der Waals surface area contributed by atoms with Gasteiger partial charge in [-0.3, -0.25) is 10.1 Å². The van der Waals surface area contributed by atoms with Gasteiger partial charge < -0.3 is 20.5 Å². The molecule has 0 atom stereocenters. The highest BCUT2D eigenvalue weighted by molar-refractivity contribution is 5.68. The number of anilines is 2. The van der Waals surface area contributed by atoms with Crippen LogP contribution in [0.25, 0.3) is 0 Å². The van der Waals surface area contributed by atoms with Crippen molar-refractivity contribution in [3.63, 3.8) is 0 Å². The van der Waals surface area contributed by atoms with Crippen LogP contribution in [0, 0.1) is 10.1 Å². The molecule has 1 rings (SSSR count). The van der Waals surface area contributed by atoms with Gasteiger partial charge in [0, 0.05) is 20.2 Å². The number of rotatable bonds is 9. The normalized spacial score (nSPS) is 10.2. The van der Waals surface area contributed by atoms with Crippen molar-refractivity contribution in [1.29, 1.82) is 0 Å². The van der Waals surface area contributed by atoms with Gasteiger partial charge in [-0.25, -0.2) is 9.97 Å². The number of aliphatic hydroxyl groups excluding tert-OH is 1. The van der Waals surface area contributed by atoms with Crippen LogP contribution in [0.4, 0.5) is 17.3 Å². The second kappa shape index (κ2) is 8.16. The van der Waals surface area contributed by atoms with Gasteiger partial charge in [0.15, 0.2) is 0 Å². The molecule has 0 amide bonds. The van der Waals surface area contributed by atoms with Crippen LogP contribution in [0.15, 0.2) is 6.33 Å². The number of nitro groups is 1. The van der Waals surface area contributed by atoms with Gasteiger partial charge in [0.1, 0.15) is 6.33 Å². The van der Waals surface area contributed by atoms with E-state index in [9.17, 15) is 10.1 Å². The first kappa shape index (κ1) is 15.1. The van der Waals surface area contributed by atoms with E-state index >= 15 is 0 Å². The Labute approximate surface area is 110 Å². The Morgan fingerprint density at radius 3 is 2.79 bits per heavy atom. The Bertz CT molecular complexity index is 415. The molecule has 9 nitrogen and oxygen atoms in total. The minimum absolute atomic E-state index is 0.0175. The Morgan fingerprint density at radius 1 is 1.42 bits per heavy atom. The second-order valence-corrected chi connectivity index (χ2v) is 3.54. The van der Waals surface area contributed by atoms with Gasteiger partial charge in [0.2, 0.25) is 11.6 Å². The number of hydrogen-bond donors (Lipinski definition) is 3. The van der Waals surface area contributed by atoms with Crippen molar-refractivity contribution < 1.29 is 14.8 Å². The fourth-order valence-electron chi connectivity index (χ4n) is 1.41. The molecule has 9 heteroatoms. The van der Waals surface area contributed by atoms with Gasteiger partial charge in [-0.15, -0.1) is 0 Å². The number of aliphatic hydroxyl groups is 1. The second-order valence-electron chi connectivity index (χ2n) is 3.54. The summed E-state index contributed by atoms with van der Waals surface area (Å²) in [5, 5.41) is 25.0. The number of nitrogens with one attached hydrogen (secondary N) is 2. The summed E-state index contributed by atoms with van der Waals surface area (Å²) in [5.74, 6) is 0.338. The molecular weight excluding hydrogens is 254 g/mol. The fourth-order valence-corrected chi connectivity index (χ4v) is 1.41. The van der Waals surface area contributed by atoms with Gasteiger partial charge in [0.05, 0.1) is 18.1 Å². The summed E-state index contributed by atoms with van der Waals surface area (Å²) in [6, 6.07) is 0. The largest absolute Gasteiger partial charge is 0.394 e. The van der Waals surface area contributed by atoms with E-state index < -0.39 is 4.92 Å². The molecule has 0 radical (unpaired) electrons. The van der Waals surface area contributed by atoms with Gasteiger partial charge in [0.25, 0.3) is 0 Å². The van der Waals surface area contributed by atoms with Crippen molar-refractivity contribution in [3.8, 4) is 0 Å². The number of ether oxygens (including phenoxy) is 1. The minimum Gasteiger partial charge on any atom is -0.394 e. The van der Waals surface area contributed by atoms with E-state index in [1.165, 1.54) is 6.33 Å². The molecule has 0 aliphatic heterocycles. The van der Waals surface area contributed by atoms with E-state index in [2.05, 4.69) is 20.6 Å². The average molecular weight is 271 g/mol. The smallest absolute Gasteiger partial charge is 0.353 e. The van der Waals surface area contributed by atoms with E-state index in [0.29, 0.717) is 19.6 Å². The molecular formula is C10H17N5O4. The molecule has 0 aromatic carbocycles. The lowest BCUT2D eigenvalue weighted by Crippen LogP contribution is -2.11. The Morgan fingerprint density at radius 2 is 2.16 bits per heavy atom. The van der Waals surface area contributed by atoms with E-state index in [4.69, 9.17) is 9.84 Å². The summed E-state index contributed by atoms with van der Waals surface area (Å²) < 4.78 is 5.07. The third-order valence-corrected chi connectivity index (χ3v) is 2.24. The molecule has 0 spiro atoms. The van der Waals surface area contributed by atoms with Crippen molar-refractivity contribution in [3.05, 3.63) is 16.4 Å². The highest BCUT2D eigenvalue weighted by atomic mass is 16.6. The highest BCUT2D eigenvalue weighted by Gasteiger charge is 2.21. The predicted molar refractivity (Wildman–Crippen MR) is 69.2 cm³/mol.